The smallest absolute Gasteiger partial charge is 0.872 e. The van der Waals surface area contributed by atoms with Gasteiger partial charge in [0.25, 0.3) is 0 Å². The molecule has 2 aromatic carbocycles. The van der Waals surface area contributed by atoms with Crippen LogP contribution in [0.2, 0.25) is 0 Å². The van der Waals surface area contributed by atoms with E-state index in [2.05, 4.69) is 55.4 Å². The summed E-state index contributed by atoms with van der Waals surface area (Å²) in [6.07, 6.45) is 2.56. The molecule has 0 radical (unpaired) electrons. The second kappa shape index (κ2) is 19.7. The molecule has 33 heavy (non-hydrogen) atoms. The van der Waals surface area contributed by atoms with E-state index in [-0.39, 0.29) is 128 Å². The maximum Gasteiger partial charge on any atom is 1.00 e. The largest absolute Gasteiger partial charge is 1.00 e. The molecule has 0 atom stereocenters. The second-order valence-electron chi connectivity index (χ2n) is 9.47. The van der Waals surface area contributed by atoms with Gasteiger partial charge in [-0.2, -0.15) is 0 Å². The minimum absolute atomic E-state index is 0. The van der Waals surface area contributed by atoms with Gasteiger partial charge in [0.2, 0.25) is 0 Å². The predicted octanol–water partition coefficient (Wildman–Crippen LogP) is 0.819. The van der Waals surface area contributed by atoms with Gasteiger partial charge < -0.3 is 14.9 Å². The molecule has 3 nitrogen and oxygen atoms in total. The molecule has 0 saturated carbocycles. The summed E-state index contributed by atoms with van der Waals surface area (Å²) in [4.78, 5) is 0. The van der Waals surface area contributed by atoms with Gasteiger partial charge in [0.05, 0.1) is 0 Å². The van der Waals surface area contributed by atoms with E-state index in [0.29, 0.717) is 23.7 Å². The molecule has 0 aromatic heterocycles. The topological polar surface area (TPSA) is 55.3 Å². The maximum atomic E-state index is 11.9. The van der Waals surface area contributed by atoms with Crippen LogP contribution in [-0.2, 0) is 4.74 Å². The summed E-state index contributed by atoms with van der Waals surface area (Å²) < 4.78 is 4.94. The Morgan fingerprint density at radius 2 is 0.788 bits per heavy atom. The zero-order chi connectivity index (χ0) is 23.6. The molecule has 5 heteroatoms. The van der Waals surface area contributed by atoms with Crippen molar-refractivity contribution in [3.63, 3.8) is 0 Å². The third kappa shape index (κ3) is 13.1. The van der Waals surface area contributed by atoms with Crippen molar-refractivity contribution in [3.8, 4) is 11.5 Å². The average molecular weight is 598 g/mol. The number of hydrogen-bond acceptors (Lipinski definition) is 3. The fourth-order valence-corrected chi connectivity index (χ4v) is 3.48. The van der Waals surface area contributed by atoms with Gasteiger partial charge >= 0.3 is 116 Å². The standard InChI is InChI=1S/2C12H18O.C4H8O.2Rb/c2*1-8(2)10-6-5-7-11(9(3)4)12(10)13;1-2-4-5-3-1;;/h2*5-9,13H,1-4H3;1-4H2;;/q;;;2*+1/p-2. The van der Waals surface area contributed by atoms with Crippen molar-refractivity contribution in [3.05, 3.63) is 58.7 Å². The molecular weight excluding hydrogens is 555 g/mol. The number of rotatable bonds is 4. The normalized spacial score (nSPS) is 12.5. The van der Waals surface area contributed by atoms with E-state index in [1.807, 2.05) is 36.4 Å². The van der Waals surface area contributed by atoms with Crippen molar-refractivity contribution >= 4 is 0 Å². The quantitative estimate of drug-likeness (QED) is 0.525. The van der Waals surface area contributed by atoms with Gasteiger partial charge in [0, 0.05) is 13.2 Å². The molecule has 0 spiro atoms. The Bertz CT molecular complexity index is 661. The van der Waals surface area contributed by atoms with E-state index in [0.717, 1.165) is 35.5 Å². The summed E-state index contributed by atoms with van der Waals surface area (Å²) in [7, 11) is 0. The van der Waals surface area contributed by atoms with Gasteiger partial charge in [0.15, 0.2) is 0 Å². The van der Waals surface area contributed by atoms with Gasteiger partial charge in [-0.15, -0.1) is 11.5 Å². The molecule has 1 saturated heterocycles. The Labute approximate surface area is 301 Å². The molecule has 1 heterocycles. The molecule has 1 fully saturated rings. The van der Waals surface area contributed by atoms with Crippen molar-refractivity contribution in [1.29, 1.82) is 0 Å². The van der Waals surface area contributed by atoms with E-state index < -0.39 is 0 Å². The van der Waals surface area contributed by atoms with Crippen LogP contribution in [0.3, 0.4) is 0 Å². The van der Waals surface area contributed by atoms with Crippen molar-refractivity contribution in [1.82, 2.24) is 0 Å². The number of ether oxygens (including phenoxy) is 1. The summed E-state index contributed by atoms with van der Waals surface area (Å²) in [5, 5.41) is 23.7. The van der Waals surface area contributed by atoms with E-state index >= 15 is 0 Å². The molecule has 2 aromatic rings. The molecule has 3 rings (SSSR count). The van der Waals surface area contributed by atoms with Crippen LogP contribution < -0.4 is 127 Å². The fraction of sp³-hybridized carbons (Fsp3) is 0.571. The molecule has 0 bridgehead atoms. The summed E-state index contributed by atoms with van der Waals surface area (Å²) >= 11 is 0. The molecule has 174 valence electrons. The third-order valence-corrected chi connectivity index (χ3v) is 5.47. The van der Waals surface area contributed by atoms with Crippen LogP contribution in [0.1, 0.15) is 114 Å². The zero-order valence-electron chi connectivity index (χ0n) is 22.8. The Morgan fingerprint density at radius 1 is 0.545 bits per heavy atom. The van der Waals surface area contributed by atoms with Gasteiger partial charge in [-0.25, -0.2) is 0 Å². The maximum absolute atomic E-state index is 11.9. The Balaban J connectivity index is 0. The molecular formula is C28H42O3Rb2. The number of hydrogen-bond donors (Lipinski definition) is 0. The second-order valence-corrected chi connectivity index (χ2v) is 9.47. The van der Waals surface area contributed by atoms with Crippen LogP contribution in [0.5, 0.6) is 11.5 Å². The average Bonchev–Trinajstić information content (AvgIpc) is 3.28. The van der Waals surface area contributed by atoms with E-state index in [1.165, 1.54) is 12.8 Å². The zero-order valence-corrected chi connectivity index (χ0v) is 32.7. The van der Waals surface area contributed by atoms with E-state index in [9.17, 15) is 10.2 Å². The molecule has 0 amide bonds. The number of para-hydroxylation sites is 2. The van der Waals surface area contributed by atoms with Crippen LogP contribution in [-0.4, -0.2) is 13.2 Å². The minimum Gasteiger partial charge on any atom is -0.872 e. The molecule has 1 aliphatic heterocycles. The van der Waals surface area contributed by atoms with Gasteiger partial charge in [-0.3, -0.25) is 0 Å². The molecule has 1 aliphatic rings. The van der Waals surface area contributed by atoms with Crippen molar-refractivity contribution in [2.24, 2.45) is 0 Å². The van der Waals surface area contributed by atoms with Crippen LogP contribution >= 0.6 is 0 Å². The molecule has 0 unspecified atom stereocenters. The first-order valence-corrected chi connectivity index (χ1v) is 11.7. The predicted molar refractivity (Wildman–Crippen MR) is 128 cm³/mol. The Morgan fingerprint density at radius 3 is 0.939 bits per heavy atom. The van der Waals surface area contributed by atoms with E-state index in [1.54, 1.807) is 0 Å². The summed E-state index contributed by atoms with van der Waals surface area (Å²) in [6.45, 7) is 18.5. The Hall–Kier alpha value is 1.61. The first-order chi connectivity index (χ1) is 14.6. The molecule has 0 N–H and O–H groups in total. The first-order valence-electron chi connectivity index (χ1n) is 11.7. The van der Waals surface area contributed by atoms with Crippen LogP contribution in [0.4, 0.5) is 0 Å². The SMILES string of the molecule is C1CCOC1.CC(C)c1cccc(C(C)C)c1[O-].CC(C)c1cccc(C(C)C)c1[O-].[Rb+].[Rb+]. The van der Waals surface area contributed by atoms with Gasteiger partial charge in [-0.05, 0) is 36.5 Å². The van der Waals surface area contributed by atoms with Crippen molar-refractivity contribution in [2.75, 3.05) is 13.2 Å². The minimum atomic E-state index is 0. The van der Waals surface area contributed by atoms with Crippen molar-refractivity contribution < 1.29 is 131 Å². The monoisotopic (exact) mass is 596 g/mol. The van der Waals surface area contributed by atoms with Gasteiger partial charge in [0.1, 0.15) is 0 Å². The van der Waals surface area contributed by atoms with Crippen LogP contribution in [0, 0.1) is 0 Å². The van der Waals surface area contributed by atoms with Crippen LogP contribution in [0.15, 0.2) is 36.4 Å². The number of benzene rings is 2. The summed E-state index contributed by atoms with van der Waals surface area (Å²) in [6, 6.07) is 11.7. The van der Waals surface area contributed by atoms with E-state index in [4.69, 9.17) is 4.74 Å². The Kier molecular flexibility index (Phi) is 21.9. The van der Waals surface area contributed by atoms with Gasteiger partial charge in [-0.1, -0.05) is 114 Å². The van der Waals surface area contributed by atoms with Crippen LogP contribution in [0.25, 0.3) is 0 Å². The first kappa shape index (κ1) is 36.8. The summed E-state index contributed by atoms with van der Waals surface area (Å²) in [5.41, 5.74) is 3.75. The third-order valence-electron chi connectivity index (χ3n) is 5.47. The summed E-state index contributed by atoms with van der Waals surface area (Å²) in [5.74, 6) is 1.76. The van der Waals surface area contributed by atoms with Crippen molar-refractivity contribution in [2.45, 2.75) is 91.9 Å². The fourth-order valence-electron chi connectivity index (χ4n) is 3.48. The molecule has 0 aliphatic carbocycles.